The highest BCUT2D eigenvalue weighted by molar-refractivity contribution is 6.09. The third-order valence-corrected chi connectivity index (χ3v) is 3.51. The molecule has 0 saturated carbocycles. The first-order valence-electron chi connectivity index (χ1n) is 8.69. The minimum absolute atomic E-state index is 0.357. The molecule has 32 heavy (non-hydrogen) atoms. The van der Waals surface area contributed by atoms with Gasteiger partial charge in [-0.2, -0.15) is 0 Å². The molecule has 1 aromatic rings. The van der Waals surface area contributed by atoms with Crippen LogP contribution in [0.2, 0.25) is 0 Å². The van der Waals surface area contributed by atoms with Gasteiger partial charge < -0.3 is 29.2 Å². The standard InChI is InChI=1S/C20H18O12/c1-3-15(21)29-5-7-31-19(27)13-10-14(12(18(25)26)9-11(13)17(23)24)20(28)32-8-6-30-16(22)4-2/h3-4,9-10H,1-2,5-8H2,(H,23,24)(H,25,26). The predicted octanol–water partition coefficient (Wildman–Crippen LogP) is 0.855. The Balaban J connectivity index is 3.11. The van der Waals surface area contributed by atoms with Crippen LogP contribution >= 0.6 is 0 Å². The average Bonchev–Trinajstić information content (AvgIpc) is 2.77. The minimum atomic E-state index is -1.66. The van der Waals surface area contributed by atoms with Crippen molar-refractivity contribution in [3.8, 4) is 0 Å². The Morgan fingerprint density at radius 2 is 0.938 bits per heavy atom. The number of benzene rings is 1. The van der Waals surface area contributed by atoms with Crippen LogP contribution in [-0.4, -0.2) is 72.5 Å². The SMILES string of the molecule is C=CC(=O)OCCOC(=O)c1cc(C(=O)OCCOC(=O)C=C)c(C(=O)O)cc1C(=O)O. The van der Waals surface area contributed by atoms with Gasteiger partial charge in [-0.1, -0.05) is 13.2 Å². The molecule has 0 heterocycles. The van der Waals surface area contributed by atoms with Crippen molar-refractivity contribution in [3.05, 3.63) is 59.7 Å². The van der Waals surface area contributed by atoms with Crippen molar-refractivity contribution in [2.24, 2.45) is 0 Å². The van der Waals surface area contributed by atoms with Crippen LogP contribution in [0.4, 0.5) is 0 Å². The summed E-state index contributed by atoms with van der Waals surface area (Å²) in [7, 11) is 0. The second-order valence-electron chi connectivity index (χ2n) is 5.57. The molecule has 0 atom stereocenters. The third-order valence-electron chi connectivity index (χ3n) is 3.51. The van der Waals surface area contributed by atoms with Crippen LogP contribution in [0.3, 0.4) is 0 Å². The summed E-state index contributed by atoms with van der Waals surface area (Å²) in [6.07, 6.45) is 1.76. The smallest absolute Gasteiger partial charge is 0.339 e. The highest BCUT2D eigenvalue weighted by Gasteiger charge is 2.27. The Labute approximate surface area is 180 Å². The molecule has 0 bridgehead atoms. The molecule has 1 rings (SSSR count). The largest absolute Gasteiger partial charge is 0.478 e. The number of ether oxygens (including phenoxy) is 4. The van der Waals surface area contributed by atoms with Crippen molar-refractivity contribution >= 4 is 35.8 Å². The molecule has 0 aromatic heterocycles. The topological polar surface area (TPSA) is 180 Å². The minimum Gasteiger partial charge on any atom is -0.478 e. The highest BCUT2D eigenvalue weighted by Crippen LogP contribution is 2.20. The first-order valence-corrected chi connectivity index (χ1v) is 8.69. The summed E-state index contributed by atoms with van der Waals surface area (Å²) in [5.74, 6) is -7.31. The van der Waals surface area contributed by atoms with E-state index in [1.165, 1.54) is 0 Å². The van der Waals surface area contributed by atoms with Crippen LogP contribution in [-0.2, 0) is 28.5 Å². The van der Waals surface area contributed by atoms with E-state index in [1.807, 2.05) is 0 Å². The molecule has 0 unspecified atom stereocenters. The van der Waals surface area contributed by atoms with E-state index in [1.54, 1.807) is 0 Å². The first-order chi connectivity index (χ1) is 15.1. The fourth-order valence-corrected chi connectivity index (χ4v) is 2.12. The number of hydrogen-bond acceptors (Lipinski definition) is 10. The van der Waals surface area contributed by atoms with Gasteiger partial charge in [0.1, 0.15) is 26.4 Å². The van der Waals surface area contributed by atoms with Crippen LogP contribution in [0.1, 0.15) is 41.4 Å². The van der Waals surface area contributed by atoms with Gasteiger partial charge in [0.05, 0.1) is 22.3 Å². The molecule has 12 nitrogen and oxygen atoms in total. The van der Waals surface area contributed by atoms with Gasteiger partial charge in [0, 0.05) is 12.2 Å². The van der Waals surface area contributed by atoms with E-state index in [9.17, 15) is 39.0 Å². The Morgan fingerprint density at radius 3 is 1.25 bits per heavy atom. The summed E-state index contributed by atoms with van der Waals surface area (Å²) in [5.41, 5.74) is -2.76. The van der Waals surface area contributed by atoms with Crippen molar-refractivity contribution in [1.82, 2.24) is 0 Å². The van der Waals surface area contributed by atoms with E-state index < -0.39 is 71.3 Å². The zero-order valence-corrected chi connectivity index (χ0v) is 16.5. The van der Waals surface area contributed by atoms with E-state index in [-0.39, 0.29) is 13.2 Å². The number of carboxylic acid groups (broad SMARTS) is 2. The Kier molecular flexibility index (Phi) is 9.80. The fourth-order valence-electron chi connectivity index (χ4n) is 2.12. The number of carbonyl (C=O) groups is 6. The molecule has 0 fully saturated rings. The van der Waals surface area contributed by atoms with Gasteiger partial charge in [-0.15, -0.1) is 0 Å². The molecular formula is C20H18O12. The van der Waals surface area contributed by atoms with Gasteiger partial charge in [0.2, 0.25) is 0 Å². The van der Waals surface area contributed by atoms with E-state index in [0.717, 1.165) is 12.2 Å². The van der Waals surface area contributed by atoms with Gasteiger partial charge >= 0.3 is 35.8 Å². The second kappa shape index (κ2) is 12.3. The maximum atomic E-state index is 12.3. The highest BCUT2D eigenvalue weighted by atomic mass is 16.6. The Bertz CT molecular complexity index is 886. The molecule has 0 aliphatic heterocycles. The van der Waals surface area contributed by atoms with Crippen LogP contribution in [0, 0.1) is 0 Å². The van der Waals surface area contributed by atoms with Crippen LogP contribution in [0.25, 0.3) is 0 Å². The van der Waals surface area contributed by atoms with E-state index >= 15 is 0 Å². The number of carboxylic acids is 2. The average molecular weight is 450 g/mol. The fraction of sp³-hybridized carbons (Fsp3) is 0.200. The van der Waals surface area contributed by atoms with Gasteiger partial charge in [-0.3, -0.25) is 0 Å². The number of aromatic carboxylic acids is 2. The second-order valence-corrected chi connectivity index (χ2v) is 5.57. The van der Waals surface area contributed by atoms with Crippen molar-refractivity contribution in [3.63, 3.8) is 0 Å². The molecule has 0 radical (unpaired) electrons. The summed E-state index contributed by atoms with van der Waals surface area (Å²) >= 11 is 0. The first kappa shape index (κ1) is 25.6. The van der Waals surface area contributed by atoms with E-state index in [2.05, 4.69) is 22.6 Å². The quantitative estimate of drug-likeness (QED) is 0.199. The van der Waals surface area contributed by atoms with Gasteiger partial charge in [0.25, 0.3) is 0 Å². The molecule has 0 saturated heterocycles. The van der Waals surface area contributed by atoms with Crippen molar-refractivity contribution < 1.29 is 57.9 Å². The molecule has 12 heteroatoms. The zero-order valence-electron chi connectivity index (χ0n) is 16.5. The number of carbonyl (C=O) groups excluding carboxylic acids is 4. The van der Waals surface area contributed by atoms with Gasteiger partial charge in [-0.25, -0.2) is 28.8 Å². The predicted molar refractivity (Wildman–Crippen MR) is 103 cm³/mol. The molecule has 0 aliphatic carbocycles. The lowest BCUT2D eigenvalue weighted by Gasteiger charge is -2.12. The van der Waals surface area contributed by atoms with Crippen molar-refractivity contribution in [2.75, 3.05) is 26.4 Å². The van der Waals surface area contributed by atoms with Crippen LogP contribution < -0.4 is 0 Å². The van der Waals surface area contributed by atoms with E-state index in [0.29, 0.717) is 12.1 Å². The lowest BCUT2D eigenvalue weighted by Crippen LogP contribution is -2.20. The summed E-state index contributed by atoms with van der Waals surface area (Å²) in [6.45, 7) is 4.73. The Morgan fingerprint density at radius 1 is 0.625 bits per heavy atom. The van der Waals surface area contributed by atoms with Gasteiger partial charge in [-0.05, 0) is 12.1 Å². The zero-order chi connectivity index (χ0) is 24.3. The summed E-state index contributed by atoms with van der Waals surface area (Å²) in [5, 5.41) is 18.6. The molecule has 0 amide bonds. The maximum absolute atomic E-state index is 12.3. The lowest BCUT2D eigenvalue weighted by atomic mass is 9.98. The summed E-state index contributed by atoms with van der Waals surface area (Å²) < 4.78 is 18.8. The van der Waals surface area contributed by atoms with Crippen molar-refractivity contribution in [1.29, 1.82) is 0 Å². The normalized spacial score (nSPS) is 9.75. The molecule has 0 aliphatic rings. The Hall–Kier alpha value is -4.48. The summed E-state index contributed by atoms with van der Waals surface area (Å²) in [4.78, 5) is 69.5. The molecule has 0 spiro atoms. The lowest BCUT2D eigenvalue weighted by molar-refractivity contribution is -0.139. The molecule has 170 valence electrons. The van der Waals surface area contributed by atoms with Crippen molar-refractivity contribution in [2.45, 2.75) is 0 Å². The van der Waals surface area contributed by atoms with Crippen LogP contribution in [0.15, 0.2) is 37.4 Å². The number of esters is 4. The van der Waals surface area contributed by atoms with E-state index in [4.69, 9.17) is 9.47 Å². The molecule has 1 aromatic carbocycles. The monoisotopic (exact) mass is 450 g/mol. The summed E-state index contributed by atoms with van der Waals surface area (Å²) in [6, 6.07) is 1.30. The number of rotatable bonds is 12. The molecular weight excluding hydrogens is 432 g/mol. The number of hydrogen-bond donors (Lipinski definition) is 2. The third kappa shape index (κ3) is 7.40. The van der Waals surface area contributed by atoms with Crippen LogP contribution in [0.5, 0.6) is 0 Å². The molecule has 2 N–H and O–H groups in total. The van der Waals surface area contributed by atoms with Gasteiger partial charge in [0.15, 0.2) is 0 Å². The maximum Gasteiger partial charge on any atom is 0.339 e.